The highest BCUT2D eigenvalue weighted by Gasteiger charge is 2.43. The quantitative estimate of drug-likeness (QED) is 0.759. The highest BCUT2D eigenvalue weighted by Crippen LogP contribution is 2.36. The average Bonchev–Trinajstić information content (AvgIpc) is 3.19. The van der Waals surface area contributed by atoms with Crippen LogP contribution in [0.5, 0.6) is 0 Å². The first-order chi connectivity index (χ1) is 12.2. The van der Waals surface area contributed by atoms with E-state index in [1.54, 1.807) is 0 Å². The lowest BCUT2D eigenvalue weighted by molar-refractivity contribution is -0.143. The first-order valence-electron chi connectivity index (χ1n) is 7.92. The lowest BCUT2D eigenvalue weighted by Gasteiger charge is -2.22. The Balaban J connectivity index is 0.00000196. The molecule has 0 bridgehead atoms. The fourth-order valence-electron chi connectivity index (χ4n) is 3.01. The zero-order valence-electron chi connectivity index (χ0n) is 14.7. The van der Waals surface area contributed by atoms with Crippen LogP contribution in [0.1, 0.15) is 29.4 Å². The van der Waals surface area contributed by atoms with Crippen LogP contribution in [0.4, 0.5) is 13.2 Å². The molecule has 6 nitrogen and oxygen atoms in total. The molecule has 1 aliphatic heterocycles. The van der Waals surface area contributed by atoms with E-state index >= 15 is 0 Å². The maximum atomic E-state index is 13.7. The number of rotatable bonds is 3. The molecule has 2 N–H and O–H groups in total. The normalized spacial score (nSPS) is 19.1. The van der Waals surface area contributed by atoms with E-state index in [4.69, 9.17) is 17.3 Å². The molecule has 1 saturated heterocycles. The van der Waals surface area contributed by atoms with Crippen LogP contribution in [0.15, 0.2) is 24.5 Å². The van der Waals surface area contributed by atoms with Gasteiger partial charge in [-0.2, -0.15) is 18.3 Å². The summed E-state index contributed by atoms with van der Waals surface area (Å²) in [7, 11) is 0. The molecule has 1 fully saturated rings. The van der Waals surface area contributed by atoms with Crippen LogP contribution < -0.4 is 5.73 Å². The number of nitrogens with two attached hydrogens (primary N) is 1. The van der Waals surface area contributed by atoms with E-state index in [0.717, 1.165) is 6.20 Å². The molecule has 0 saturated carbocycles. The van der Waals surface area contributed by atoms with Crippen LogP contribution in [0.25, 0.3) is 5.82 Å². The summed E-state index contributed by atoms with van der Waals surface area (Å²) in [6.45, 7) is 2.91. The van der Waals surface area contributed by atoms with Gasteiger partial charge in [0, 0.05) is 19.3 Å². The topological polar surface area (TPSA) is 77.0 Å². The Morgan fingerprint density at radius 2 is 2.07 bits per heavy atom. The first-order valence-corrected chi connectivity index (χ1v) is 8.29. The largest absolute Gasteiger partial charge is 0.434 e. The molecule has 12 heteroatoms. The van der Waals surface area contributed by atoms with Gasteiger partial charge in [-0.1, -0.05) is 18.5 Å². The second-order valence-corrected chi connectivity index (χ2v) is 7.02. The van der Waals surface area contributed by atoms with E-state index in [9.17, 15) is 18.0 Å². The number of hydrogen-bond acceptors (Lipinski definition) is 4. The molecule has 1 unspecified atom stereocenters. The zero-order valence-corrected chi connectivity index (χ0v) is 17.1. The van der Waals surface area contributed by atoms with E-state index in [0.29, 0.717) is 30.7 Å². The molecule has 0 radical (unpaired) electrons. The van der Waals surface area contributed by atoms with Gasteiger partial charge in [-0.05, 0) is 30.5 Å². The minimum atomic E-state index is -4.81. The average molecular weight is 461 g/mol. The number of aromatic nitrogens is 3. The van der Waals surface area contributed by atoms with Gasteiger partial charge in [0.1, 0.15) is 0 Å². The SMILES string of the molecule is CC1(CN)CCN(C(=O)c2cnn(-c3ncccc3Cl)c2C(F)(F)F)C1.Cl.Cl. The van der Waals surface area contributed by atoms with Gasteiger partial charge in [0.15, 0.2) is 11.5 Å². The van der Waals surface area contributed by atoms with Crippen molar-refractivity contribution >= 4 is 42.3 Å². The molecule has 3 rings (SSSR count). The van der Waals surface area contributed by atoms with Crippen LogP contribution in [-0.2, 0) is 6.18 Å². The summed E-state index contributed by atoms with van der Waals surface area (Å²) in [5.41, 5.74) is 3.69. The van der Waals surface area contributed by atoms with Gasteiger partial charge in [0.2, 0.25) is 0 Å². The third kappa shape index (κ3) is 4.53. The van der Waals surface area contributed by atoms with Crippen LogP contribution in [-0.4, -0.2) is 45.2 Å². The Hall–Kier alpha value is -1.55. The molecule has 2 aromatic rings. The molecule has 0 spiro atoms. The van der Waals surface area contributed by atoms with Gasteiger partial charge in [0.25, 0.3) is 5.91 Å². The Morgan fingerprint density at radius 3 is 2.61 bits per heavy atom. The number of pyridine rings is 1. The summed E-state index contributed by atoms with van der Waals surface area (Å²) in [5, 5.41) is 3.74. The highest BCUT2D eigenvalue weighted by atomic mass is 35.5. The van der Waals surface area contributed by atoms with Gasteiger partial charge < -0.3 is 10.6 Å². The number of carbonyl (C=O) groups excluding carboxylic acids is 1. The van der Waals surface area contributed by atoms with Crippen molar-refractivity contribution in [1.29, 1.82) is 0 Å². The van der Waals surface area contributed by atoms with E-state index < -0.39 is 23.3 Å². The fourth-order valence-corrected chi connectivity index (χ4v) is 3.21. The van der Waals surface area contributed by atoms with E-state index in [1.807, 2.05) is 6.92 Å². The summed E-state index contributed by atoms with van der Waals surface area (Å²) >= 11 is 5.95. The third-order valence-corrected chi connectivity index (χ3v) is 4.84. The van der Waals surface area contributed by atoms with Crippen molar-refractivity contribution in [3.8, 4) is 5.82 Å². The lowest BCUT2D eigenvalue weighted by Crippen LogP contribution is -2.35. The van der Waals surface area contributed by atoms with E-state index in [2.05, 4.69) is 10.1 Å². The minimum absolute atomic E-state index is 0. The molecule has 1 amide bonds. The van der Waals surface area contributed by atoms with Gasteiger partial charge in [0.05, 0.1) is 16.8 Å². The fraction of sp³-hybridized carbons (Fsp3) is 0.438. The van der Waals surface area contributed by atoms with Crippen molar-refractivity contribution in [1.82, 2.24) is 19.7 Å². The number of carbonyl (C=O) groups is 1. The van der Waals surface area contributed by atoms with Gasteiger partial charge >= 0.3 is 6.18 Å². The maximum absolute atomic E-state index is 13.7. The lowest BCUT2D eigenvalue weighted by atomic mass is 9.90. The van der Waals surface area contributed by atoms with Crippen molar-refractivity contribution in [3.05, 3.63) is 40.8 Å². The van der Waals surface area contributed by atoms with Crippen LogP contribution in [0.3, 0.4) is 0 Å². The molecular weight excluding hydrogens is 442 g/mol. The summed E-state index contributed by atoms with van der Waals surface area (Å²) in [4.78, 5) is 18.0. The Morgan fingerprint density at radius 1 is 1.39 bits per heavy atom. The Bertz CT molecular complexity index is 845. The molecule has 156 valence electrons. The number of likely N-dealkylation sites (tertiary alicyclic amines) is 1. The number of hydrogen-bond donors (Lipinski definition) is 1. The molecular formula is C16H19Cl3F3N5O. The smallest absolute Gasteiger partial charge is 0.338 e. The molecule has 1 aliphatic rings. The maximum Gasteiger partial charge on any atom is 0.434 e. The second-order valence-electron chi connectivity index (χ2n) is 6.62. The molecule has 28 heavy (non-hydrogen) atoms. The van der Waals surface area contributed by atoms with Crippen molar-refractivity contribution in [2.75, 3.05) is 19.6 Å². The van der Waals surface area contributed by atoms with Crippen LogP contribution in [0.2, 0.25) is 5.02 Å². The highest BCUT2D eigenvalue weighted by molar-refractivity contribution is 6.32. The third-order valence-electron chi connectivity index (χ3n) is 4.55. The number of nitrogens with zero attached hydrogens (tertiary/aromatic N) is 4. The number of amides is 1. The van der Waals surface area contributed by atoms with Gasteiger partial charge in [-0.3, -0.25) is 4.79 Å². The van der Waals surface area contributed by atoms with Crippen molar-refractivity contribution in [2.24, 2.45) is 11.1 Å². The molecule has 0 aromatic carbocycles. The summed E-state index contributed by atoms with van der Waals surface area (Å²) in [6.07, 6.45) is -1.96. The molecule has 0 aliphatic carbocycles. The van der Waals surface area contributed by atoms with Crippen LogP contribution >= 0.6 is 36.4 Å². The van der Waals surface area contributed by atoms with Crippen molar-refractivity contribution in [2.45, 2.75) is 19.5 Å². The molecule has 2 aromatic heterocycles. The monoisotopic (exact) mass is 459 g/mol. The van der Waals surface area contributed by atoms with Gasteiger partial charge in [-0.15, -0.1) is 24.8 Å². The van der Waals surface area contributed by atoms with Gasteiger partial charge in [-0.25, -0.2) is 9.67 Å². The predicted molar refractivity (Wildman–Crippen MR) is 104 cm³/mol. The molecule has 1 atom stereocenters. The Labute approximate surface area is 177 Å². The zero-order chi connectivity index (χ0) is 19.1. The Kier molecular flexibility index (Phi) is 7.74. The first kappa shape index (κ1) is 24.5. The minimum Gasteiger partial charge on any atom is -0.338 e. The van der Waals surface area contributed by atoms with E-state index in [-0.39, 0.29) is 41.1 Å². The van der Waals surface area contributed by atoms with E-state index in [1.165, 1.54) is 23.2 Å². The summed E-state index contributed by atoms with van der Waals surface area (Å²) in [6, 6.07) is 2.90. The summed E-state index contributed by atoms with van der Waals surface area (Å²) in [5.74, 6) is -0.915. The summed E-state index contributed by atoms with van der Waals surface area (Å²) < 4.78 is 41.7. The van der Waals surface area contributed by atoms with Crippen LogP contribution in [0, 0.1) is 5.41 Å². The molecule has 3 heterocycles. The predicted octanol–water partition coefficient (Wildman–Crippen LogP) is 3.59. The van der Waals surface area contributed by atoms with Crippen molar-refractivity contribution < 1.29 is 18.0 Å². The van der Waals surface area contributed by atoms with Crippen molar-refractivity contribution in [3.63, 3.8) is 0 Å². The second kappa shape index (κ2) is 8.86. The standard InChI is InChI=1S/C16H17ClF3N5O.2ClH/c1-15(8-21)4-6-24(9-15)14(26)10-7-23-25(12(10)16(18,19)20)13-11(17)3-2-5-22-13;;/h2-3,5,7H,4,6,8-9,21H2,1H3;2*1H. The number of halogens is 6. The number of alkyl halides is 3.